The molecule has 0 atom stereocenters. The number of piperidine rings is 1. The summed E-state index contributed by atoms with van der Waals surface area (Å²) in [6, 6.07) is 6.59. The first-order valence-corrected chi connectivity index (χ1v) is 7.94. The number of hydrogen-bond acceptors (Lipinski definition) is 2. The van der Waals surface area contributed by atoms with E-state index in [1.807, 2.05) is 4.90 Å². The molecular formula is C17H23FN2O2. The van der Waals surface area contributed by atoms with Gasteiger partial charge in [0.1, 0.15) is 5.82 Å². The summed E-state index contributed by atoms with van der Waals surface area (Å²) < 4.78 is 13.4. The first-order chi connectivity index (χ1) is 10.7. The van der Waals surface area contributed by atoms with Gasteiger partial charge in [0.05, 0.1) is 6.54 Å². The van der Waals surface area contributed by atoms with E-state index in [-0.39, 0.29) is 24.2 Å². The summed E-state index contributed by atoms with van der Waals surface area (Å²) in [6.07, 6.45) is 4.67. The second-order valence-corrected chi connectivity index (χ2v) is 5.66. The van der Waals surface area contributed by atoms with Gasteiger partial charge in [0.25, 0.3) is 0 Å². The molecule has 4 nitrogen and oxygen atoms in total. The summed E-state index contributed by atoms with van der Waals surface area (Å²) in [5, 5.41) is 2.66. The number of hydrogen-bond donors (Lipinski definition) is 1. The zero-order chi connectivity index (χ0) is 15.8. The number of nitrogens with zero attached hydrogens (tertiary/aromatic N) is 1. The monoisotopic (exact) mass is 306 g/mol. The van der Waals surface area contributed by atoms with Crippen LogP contribution < -0.4 is 5.32 Å². The third kappa shape index (κ3) is 5.13. The smallest absolute Gasteiger partial charge is 0.241 e. The Balaban J connectivity index is 1.63. The highest BCUT2D eigenvalue weighted by Gasteiger charge is 2.16. The summed E-state index contributed by atoms with van der Waals surface area (Å²) in [7, 11) is 0. The minimum atomic E-state index is -0.233. The molecule has 2 amide bonds. The topological polar surface area (TPSA) is 49.4 Å². The molecular weight excluding hydrogens is 283 g/mol. The molecule has 0 bridgehead atoms. The molecule has 1 saturated heterocycles. The Morgan fingerprint density at radius 1 is 1.14 bits per heavy atom. The average molecular weight is 306 g/mol. The lowest BCUT2D eigenvalue weighted by Crippen LogP contribution is -2.42. The summed E-state index contributed by atoms with van der Waals surface area (Å²) in [4.78, 5) is 25.4. The van der Waals surface area contributed by atoms with Gasteiger partial charge in [-0.25, -0.2) is 4.39 Å². The van der Waals surface area contributed by atoms with Crippen LogP contribution in [0.1, 0.15) is 37.7 Å². The second kappa shape index (κ2) is 8.51. The van der Waals surface area contributed by atoms with Crippen molar-refractivity contribution in [3.8, 4) is 0 Å². The van der Waals surface area contributed by atoms with Crippen LogP contribution in [0.2, 0.25) is 0 Å². The molecule has 1 heterocycles. The first-order valence-electron chi connectivity index (χ1n) is 7.94. The standard InChI is InChI=1S/C17H23FN2O2/c18-15-9-3-2-7-14(15)8-6-10-16(21)19-13-17(22)20-11-4-1-5-12-20/h2-3,7,9H,1,4-6,8,10-13H2,(H,19,21). The Bertz CT molecular complexity index is 513. The Morgan fingerprint density at radius 2 is 1.86 bits per heavy atom. The fourth-order valence-electron chi connectivity index (χ4n) is 2.66. The van der Waals surface area contributed by atoms with Crippen LogP contribution in [-0.4, -0.2) is 36.3 Å². The number of carbonyl (C=O) groups excluding carboxylic acids is 2. The molecule has 1 N–H and O–H groups in total. The van der Waals surface area contributed by atoms with Crippen molar-refractivity contribution in [1.29, 1.82) is 0 Å². The number of carbonyl (C=O) groups is 2. The fourth-order valence-corrected chi connectivity index (χ4v) is 2.66. The van der Waals surface area contributed by atoms with E-state index in [0.29, 0.717) is 24.8 Å². The Labute approximate surface area is 130 Å². The molecule has 120 valence electrons. The van der Waals surface area contributed by atoms with Crippen LogP contribution in [0.15, 0.2) is 24.3 Å². The van der Waals surface area contributed by atoms with Gasteiger partial charge in [-0.15, -0.1) is 0 Å². The van der Waals surface area contributed by atoms with Crippen LogP contribution in [-0.2, 0) is 16.0 Å². The average Bonchev–Trinajstić information content (AvgIpc) is 2.55. The van der Waals surface area contributed by atoms with Gasteiger partial charge in [0, 0.05) is 19.5 Å². The summed E-state index contributed by atoms with van der Waals surface area (Å²) in [6.45, 7) is 1.66. The van der Waals surface area contributed by atoms with Gasteiger partial charge in [0.2, 0.25) is 11.8 Å². The van der Waals surface area contributed by atoms with E-state index < -0.39 is 0 Å². The molecule has 0 unspecified atom stereocenters. The lowest BCUT2D eigenvalue weighted by molar-refractivity contribution is -0.133. The van der Waals surface area contributed by atoms with Crippen molar-refractivity contribution < 1.29 is 14.0 Å². The highest BCUT2D eigenvalue weighted by atomic mass is 19.1. The Kier molecular flexibility index (Phi) is 6.37. The normalized spacial score (nSPS) is 14.7. The van der Waals surface area contributed by atoms with E-state index in [1.54, 1.807) is 18.2 Å². The van der Waals surface area contributed by atoms with Crippen molar-refractivity contribution in [2.45, 2.75) is 38.5 Å². The number of aryl methyl sites for hydroxylation is 1. The fraction of sp³-hybridized carbons (Fsp3) is 0.529. The maximum Gasteiger partial charge on any atom is 0.241 e. The molecule has 1 aromatic carbocycles. The van der Waals surface area contributed by atoms with Gasteiger partial charge in [-0.3, -0.25) is 9.59 Å². The molecule has 22 heavy (non-hydrogen) atoms. The van der Waals surface area contributed by atoms with E-state index in [9.17, 15) is 14.0 Å². The van der Waals surface area contributed by atoms with E-state index in [4.69, 9.17) is 0 Å². The van der Waals surface area contributed by atoms with Gasteiger partial charge in [0.15, 0.2) is 0 Å². The number of amides is 2. The van der Waals surface area contributed by atoms with Crippen LogP contribution in [0.3, 0.4) is 0 Å². The van der Waals surface area contributed by atoms with Crippen LogP contribution in [0.5, 0.6) is 0 Å². The maximum absolute atomic E-state index is 13.4. The van der Waals surface area contributed by atoms with Crippen molar-refractivity contribution >= 4 is 11.8 Å². The van der Waals surface area contributed by atoms with Crippen molar-refractivity contribution in [2.75, 3.05) is 19.6 Å². The molecule has 0 aromatic heterocycles. The minimum absolute atomic E-state index is 0.0119. The first kappa shape index (κ1) is 16.5. The molecule has 1 aliphatic rings. The number of halogens is 1. The van der Waals surface area contributed by atoms with Crippen molar-refractivity contribution in [2.24, 2.45) is 0 Å². The van der Waals surface area contributed by atoms with E-state index in [2.05, 4.69) is 5.32 Å². The maximum atomic E-state index is 13.4. The van der Waals surface area contributed by atoms with E-state index in [1.165, 1.54) is 12.5 Å². The third-order valence-corrected chi connectivity index (χ3v) is 3.95. The lowest BCUT2D eigenvalue weighted by Gasteiger charge is -2.26. The number of nitrogens with one attached hydrogen (secondary N) is 1. The molecule has 1 aromatic rings. The lowest BCUT2D eigenvalue weighted by atomic mass is 10.1. The van der Waals surface area contributed by atoms with Gasteiger partial charge in [-0.05, 0) is 43.7 Å². The molecule has 5 heteroatoms. The van der Waals surface area contributed by atoms with Crippen LogP contribution in [0, 0.1) is 5.82 Å². The van der Waals surface area contributed by atoms with Crippen LogP contribution in [0.25, 0.3) is 0 Å². The van der Waals surface area contributed by atoms with Gasteiger partial charge in [-0.2, -0.15) is 0 Å². The zero-order valence-corrected chi connectivity index (χ0v) is 12.8. The molecule has 2 rings (SSSR count). The van der Waals surface area contributed by atoms with Crippen molar-refractivity contribution in [3.63, 3.8) is 0 Å². The summed E-state index contributed by atoms with van der Waals surface area (Å²) >= 11 is 0. The van der Waals surface area contributed by atoms with Crippen LogP contribution >= 0.6 is 0 Å². The summed E-state index contributed by atoms with van der Waals surface area (Å²) in [5.41, 5.74) is 0.625. The minimum Gasteiger partial charge on any atom is -0.347 e. The number of likely N-dealkylation sites (tertiary alicyclic amines) is 1. The van der Waals surface area contributed by atoms with E-state index in [0.717, 1.165) is 25.9 Å². The Hall–Kier alpha value is -1.91. The van der Waals surface area contributed by atoms with Crippen molar-refractivity contribution in [1.82, 2.24) is 10.2 Å². The predicted molar refractivity (Wildman–Crippen MR) is 82.8 cm³/mol. The quantitative estimate of drug-likeness (QED) is 0.876. The second-order valence-electron chi connectivity index (χ2n) is 5.66. The van der Waals surface area contributed by atoms with Crippen LogP contribution in [0.4, 0.5) is 4.39 Å². The molecule has 0 spiro atoms. The predicted octanol–water partition coefficient (Wildman–Crippen LogP) is 2.28. The third-order valence-electron chi connectivity index (χ3n) is 3.95. The van der Waals surface area contributed by atoms with Gasteiger partial charge >= 0.3 is 0 Å². The van der Waals surface area contributed by atoms with Crippen molar-refractivity contribution in [3.05, 3.63) is 35.6 Å². The van der Waals surface area contributed by atoms with Gasteiger partial charge in [-0.1, -0.05) is 18.2 Å². The van der Waals surface area contributed by atoms with Gasteiger partial charge < -0.3 is 10.2 Å². The highest BCUT2D eigenvalue weighted by Crippen LogP contribution is 2.10. The number of rotatable bonds is 6. The highest BCUT2D eigenvalue weighted by molar-refractivity contribution is 5.84. The molecule has 0 radical (unpaired) electrons. The molecule has 1 fully saturated rings. The van der Waals surface area contributed by atoms with E-state index >= 15 is 0 Å². The zero-order valence-electron chi connectivity index (χ0n) is 12.8. The largest absolute Gasteiger partial charge is 0.347 e. The summed E-state index contributed by atoms with van der Waals surface area (Å²) in [5.74, 6) is -0.396. The Morgan fingerprint density at radius 3 is 2.59 bits per heavy atom. The molecule has 1 aliphatic heterocycles. The number of benzene rings is 1. The molecule has 0 saturated carbocycles. The SMILES string of the molecule is O=C(CCCc1ccccc1F)NCC(=O)N1CCCCC1. The molecule has 0 aliphatic carbocycles.